The third-order valence-corrected chi connectivity index (χ3v) is 3.74. The normalized spacial score (nSPS) is 9.85. The molecule has 0 fully saturated rings. The zero-order valence-corrected chi connectivity index (χ0v) is 12.1. The average molecular weight is 286 g/mol. The van der Waals surface area contributed by atoms with Crippen LogP contribution in [0.3, 0.4) is 0 Å². The van der Waals surface area contributed by atoms with Crippen molar-refractivity contribution in [3.63, 3.8) is 0 Å². The summed E-state index contributed by atoms with van der Waals surface area (Å²) in [6.07, 6.45) is 0. The first kappa shape index (κ1) is 14.1. The minimum absolute atomic E-state index is 0.0549. The molecule has 0 aliphatic rings. The van der Waals surface area contributed by atoms with Gasteiger partial charge < -0.3 is 9.64 Å². The maximum atomic E-state index is 12.2. The molecule has 1 aromatic heterocycles. The van der Waals surface area contributed by atoms with Gasteiger partial charge in [0.15, 0.2) is 0 Å². The van der Waals surface area contributed by atoms with E-state index in [1.165, 1.54) is 11.3 Å². The lowest BCUT2D eigenvalue weighted by atomic mass is 10.1. The second kappa shape index (κ2) is 6.22. The van der Waals surface area contributed by atoms with Gasteiger partial charge in [-0.1, -0.05) is 12.1 Å². The van der Waals surface area contributed by atoms with Crippen molar-refractivity contribution in [3.8, 4) is 11.8 Å². The standard InChI is InChI=1S/C15H14N2O2S/c1-17(9-12-5-3-4-11(6-12)8-16)15(18)14-7-13(19-2)10-20-14/h3-7,10H,9H2,1-2H3. The van der Waals surface area contributed by atoms with Crippen molar-refractivity contribution in [2.24, 2.45) is 0 Å². The molecule has 0 N–H and O–H groups in total. The third-order valence-electron chi connectivity index (χ3n) is 2.84. The number of hydrogen-bond donors (Lipinski definition) is 0. The fourth-order valence-electron chi connectivity index (χ4n) is 1.81. The molecule has 0 aliphatic heterocycles. The third kappa shape index (κ3) is 3.16. The first-order chi connectivity index (χ1) is 9.63. The molecule has 0 aliphatic carbocycles. The van der Waals surface area contributed by atoms with Gasteiger partial charge in [-0.15, -0.1) is 11.3 Å². The van der Waals surface area contributed by atoms with Crippen LogP contribution in [0.2, 0.25) is 0 Å². The predicted molar refractivity (Wildman–Crippen MR) is 77.8 cm³/mol. The van der Waals surface area contributed by atoms with E-state index in [1.807, 2.05) is 12.1 Å². The second-order valence-corrected chi connectivity index (χ2v) is 5.24. The molecule has 0 unspecified atom stereocenters. The van der Waals surface area contributed by atoms with Crippen LogP contribution >= 0.6 is 11.3 Å². The molecule has 0 spiro atoms. The molecule has 0 radical (unpaired) electrons. The summed E-state index contributed by atoms with van der Waals surface area (Å²) in [4.78, 5) is 14.5. The summed E-state index contributed by atoms with van der Waals surface area (Å²) in [5, 5.41) is 10.7. The number of carbonyl (C=O) groups excluding carboxylic acids is 1. The number of methoxy groups -OCH3 is 1. The highest BCUT2D eigenvalue weighted by atomic mass is 32.1. The van der Waals surface area contributed by atoms with Gasteiger partial charge >= 0.3 is 0 Å². The van der Waals surface area contributed by atoms with Crippen LogP contribution in [-0.2, 0) is 6.54 Å². The Hall–Kier alpha value is -2.32. The lowest BCUT2D eigenvalue weighted by molar-refractivity contribution is 0.0789. The Bertz CT molecular complexity index is 658. The van der Waals surface area contributed by atoms with E-state index >= 15 is 0 Å². The fraction of sp³-hybridized carbons (Fsp3) is 0.200. The molecular formula is C15H14N2O2S. The lowest BCUT2D eigenvalue weighted by Gasteiger charge is -2.16. The topological polar surface area (TPSA) is 53.3 Å². The van der Waals surface area contributed by atoms with E-state index in [-0.39, 0.29) is 5.91 Å². The highest BCUT2D eigenvalue weighted by molar-refractivity contribution is 7.12. The predicted octanol–water partition coefficient (Wildman–Crippen LogP) is 2.90. The Labute approximate surface area is 121 Å². The smallest absolute Gasteiger partial charge is 0.264 e. The van der Waals surface area contributed by atoms with Gasteiger partial charge in [-0.2, -0.15) is 5.26 Å². The summed E-state index contributed by atoms with van der Waals surface area (Å²) < 4.78 is 5.08. The highest BCUT2D eigenvalue weighted by Gasteiger charge is 2.14. The monoisotopic (exact) mass is 286 g/mol. The minimum Gasteiger partial charge on any atom is -0.496 e. The molecular weight excluding hydrogens is 272 g/mol. The number of carbonyl (C=O) groups is 1. The first-order valence-corrected chi connectivity index (χ1v) is 6.89. The fourth-order valence-corrected chi connectivity index (χ4v) is 2.66. The van der Waals surface area contributed by atoms with Gasteiger partial charge in [0.1, 0.15) is 5.75 Å². The van der Waals surface area contributed by atoms with Crippen LogP contribution in [0, 0.1) is 11.3 Å². The summed E-state index contributed by atoms with van der Waals surface area (Å²) in [5.74, 6) is 0.638. The summed E-state index contributed by atoms with van der Waals surface area (Å²) >= 11 is 1.36. The molecule has 2 rings (SSSR count). The quantitative estimate of drug-likeness (QED) is 0.868. The number of hydrogen-bond acceptors (Lipinski definition) is 4. The Morgan fingerprint density at radius 2 is 2.25 bits per heavy atom. The van der Waals surface area contributed by atoms with Crippen LogP contribution < -0.4 is 4.74 Å². The minimum atomic E-state index is -0.0549. The number of rotatable bonds is 4. The van der Waals surface area contributed by atoms with Gasteiger partial charge in [-0.05, 0) is 17.7 Å². The molecule has 2 aromatic rings. The van der Waals surface area contributed by atoms with Crippen LogP contribution in [0.25, 0.3) is 0 Å². The molecule has 1 amide bonds. The molecule has 0 saturated carbocycles. The number of thiophene rings is 1. The maximum Gasteiger partial charge on any atom is 0.264 e. The molecule has 4 nitrogen and oxygen atoms in total. The Morgan fingerprint density at radius 1 is 1.45 bits per heavy atom. The van der Waals surface area contributed by atoms with Crippen molar-refractivity contribution in [1.82, 2.24) is 4.90 Å². The van der Waals surface area contributed by atoms with E-state index in [0.29, 0.717) is 22.7 Å². The number of amides is 1. The number of nitrogens with zero attached hydrogens (tertiary/aromatic N) is 2. The van der Waals surface area contributed by atoms with Gasteiger partial charge in [0, 0.05) is 25.0 Å². The van der Waals surface area contributed by atoms with E-state index in [9.17, 15) is 4.79 Å². The SMILES string of the molecule is COc1csc(C(=O)N(C)Cc2cccc(C#N)c2)c1. The van der Waals surface area contributed by atoms with Crippen molar-refractivity contribution in [3.05, 3.63) is 51.7 Å². The van der Waals surface area contributed by atoms with Gasteiger partial charge in [0.2, 0.25) is 0 Å². The average Bonchev–Trinajstić information content (AvgIpc) is 2.95. The van der Waals surface area contributed by atoms with Gasteiger partial charge in [-0.25, -0.2) is 0 Å². The summed E-state index contributed by atoms with van der Waals surface area (Å²) in [5.41, 5.74) is 1.53. The molecule has 0 bridgehead atoms. The van der Waals surface area contributed by atoms with Crippen LogP contribution in [0.5, 0.6) is 5.75 Å². The summed E-state index contributed by atoms with van der Waals surface area (Å²) in [7, 11) is 3.32. The van der Waals surface area contributed by atoms with Crippen molar-refractivity contribution >= 4 is 17.2 Å². The van der Waals surface area contributed by atoms with Crippen molar-refractivity contribution in [1.29, 1.82) is 5.26 Å². The molecule has 5 heteroatoms. The van der Waals surface area contributed by atoms with Gasteiger partial charge in [0.25, 0.3) is 5.91 Å². The molecule has 1 heterocycles. The second-order valence-electron chi connectivity index (χ2n) is 4.32. The first-order valence-electron chi connectivity index (χ1n) is 6.01. The zero-order chi connectivity index (χ0) is 14.5. The van der Waals surface area contributed by atoms with E-state index < -0.39 is 0 Å². The van der Waals surface area contributed by atoms with E-state index in [1.54, 1.807) is 42.6 Å². The number of nitriles is 1. The lowest BCUT2D eigenvalue weighted by Crippen LogP contribution is -2.25. The van der Waals surface area contributed by atoms with Crippen molar-refractivity contribution < 1.29 is 9.53 Å². The maximum absolute atomic E-state index is 12.2. The molecule has 0 atom stereocenters. The molecule has 102 valence electrons. The van der Waals surface area contributed by atoms with Crippen molar-refractivity contribution in [2.75, 3.05) is 14.2 Å². The summed E-state index contributed by atoms with van der Waals surface area (Å²) in [6, 6.07) is 11.1. The van der Waals surface area contributed by atoms with E-state index in [4.69, 9.17) is 10.00 Å². The highest BCUT2D eigenvalue weighted by Crippen LogP contribution is 2.22. The molecule has 1 aromatic carbocycles. The largest absolute Gasteiger partial charge is 0.496 e. The zero-order valence-electron chi connectivity index (χ0n) is 11.3. The van der Waals surface area contributed by atoms with Crippen LogP contribution in [-0.4, -0.2) is 25.0 Å². The van der Waals surface area contributed by atoms with Crippen LogP contribution in [0.15, 0.2) is 35.7 Å². The Balaban J connectivity index is 2.09. The van der Waals surface area contributed by atoms with E-state index in [0.717, 1.165) is 5.56 Å². The van der Waals surface area contributed by atoms with E-state index in [2.05, 4.69) is 6.07 Å². The van der Waals surface area contributed by atoms with Crippen molar-refractivity contribution in [2.45, 2.75) is 6.54 Å². The number of ether oxygens (including phenoxy) is 1. The summed E-state index contributed by atoms with van der Waals surface area (Å²) in [6.45, 7) is 0.467. The number of benzene rings is 1. The molecule has 20 heavy (non-hydrogen) atoms. The van der Waals surface area contributed by atoms with Gasteiger partial charge in [-0.3, -0.25) is 4.79 Å². The van der Waals surface area contributed by atoms with Crippen LogP contribution in [0.4, 0.5) is 0 Å². The Kier molecular flexibility index (Phi) is 4.38. The molecule has 0 saturated heterocycles. The van der Waals surface area contributed by atoms with Crippen LogP contribution in [0.1, 0.15) is 20.8 Å². The van der Waals surface area contributed by atoms with Gasteiger partial charge in [0.05, 0.1) is 23.6 Å². The Morgan fingerprint density at radius 3 is 2.90 bits per heavy atom.